The number of nitro groups is 1. The molecule has 0 N–H and O–H groups in total. The fourth-order valence-corrected chi connectivity index (χ4v) is 3.78. The van der Waals surface area contributed by atoms with Crippen molar-refractivity contribution in [3.8, 4) is 5.75 Å². The first-order chi connectivity index (χ1) is 15.5. The molecule has 1 aliphatic heterocycles. The minimum absolute atomic E-state index is 0.0317. The summed E-state index contributed by atoms with van der Waals surface area (Å²) in [6.07, 6.45) is 3.44. The Morgan fingerprint density at radius 1 is 1.09 bits per heavy atom. The molecule has 4 rings (SSSR count). The van der Waals surface area contributed by atoms with Crippen LogP contribution in [0.25, 0.3) is 0 Å². The topological polar surface area (TPSA) is 88.8 Å². The minimum atomic E-state index is -0.435. The Labute approximate surface area is 190 Å². The highest BCUT2D eigenvalue weighted by atomic mass is 35.5. The van der Waals surface area contributed by atoms with E-state index in [0.717, 1.165) is 5.56 Å². The molecule has 2 heterocycles. The zero-order valence-electron chi connectivity index (χ0n) is 17.2. The lowest BCUT2D eigenvalue weighted by Gasteiger charge is -2.35. The fourth-order valence-electron chi connectivity index (χ4n) is 3.61. The van der Waals surface area contributed by atoms with Crippen LogP contribution >= 0.6 is 11.6 Å². The van der Waals surface area contributed by atoms with Crippen LogP contribution < -0.4 is 9.64 Å². The first kappa shape index (κ1) is 21.6. The minimum Gasteiger partial charge on any atom is -0.489 e. The van der Waals surface area contributed by atoms with Crippen LogP contribution in [0.5, 0.6) is 5.75 Å². The number of hydrogen-bond donors (Lipinski definition) is 0. The van der Waals surface area contributed by atoms with Crippen LogP contribution in [-0.2, 0) is 6.61 Å². The van der Waals surface area contributed by atoms with E-state index < -0.39 is 4.92 Å². The molecule has 0 atom stereocenters. The van der Waals surface area contributed by atoms with Crippen LogP contribution in [-0.4, -0.2) is 46.9 Å². The molecule has 0 spiro atoms. The second-order valence-electron chi connectivity index (χ2n) is 7.35. The van der Waals surface area contributed by atoms with E-state index in [9.17, 15) is 14.9 Å². The molecule has 8 nitrogen and oxygen atoms in total. The zero-order chi connectivity index (χ0) is 22.5. The molecule has 0 saturated carbocycles. The number of hydrogen-bond acceptors (Lipinski definition) is 6. The predicted octanol–water partition coefficient (Wildman–Crippen LogP) is 4.18. The van der Waals surface area contributed by atoms with Gasteiger partial charge in [0.2, 0.25) is 0 Å². The van der Waals surface area contributed by atoms with Gasteiger partial charge in [0.1, 0.15) is 18.0 Å². The summed E-state index contributed by atoms with van der Waals surface area (Å²) in [5.74, 6) is 0.511. The molecule has 164 valence electrons. The van der Waals surface area contributed by atoms with E-state index in [2.05, 4.69) is 4.98 Å². The summed E-state index contributed by atoms with van der Waals surface area (Å²) < 4.78 is 5.80. The van der Waals surface area contributed by atoms with Crippen molar-refractivity contribution in [1.29, 1.82) is 0 Å². The first-order valence-corrected chi connectivity index (χ1v) is 10.5. The van der Waals surface area contributed by atoms with Crippen LogP contribution in [0, 0.1) is 10.1 Å². The number of piperazine rings is 1. The summed E-state index contributed by atoms with van der Waals surface area (Å²) in [5, 5.41) is 11.7. The summed E-state index contributed by atoms with van der Waals surface area (Å²) >= 11 is 5.91. The summed E-state index contributed by atoms with van der Waals surface area (Å²) in [4.78, 5) is 31.7. The number of nitro benzene ring substituents is 1. The normalized spacial score (nSPS) is 13.7. The van der Waals surface area contributed by atoms with E-state index in [4.69, 9.17) is 16.3 Å². The Balaban J connectivity index is 1.39. The number of anilines is 1. The van der Waals surface area contributed by atoms with Gasteiger partial charge in [-0.15, -0.1) is 0 Å². The lowest BCUT2D eigenvalue weighted by atomic mass is 10.1. The number of halogens is 1. The standard InChI is InChI=1S/C23H21ClN4O4/c24-19-6-7-21(22(14-19)28(30)31)26-9-11-27(12-10-26)23(29)18-4-1-5-20(13-18)32-16-17-3-2-8-25-15-17/h1-8,13-15H,9-12,16H2. The van der Waals surface area contributed by atoms with Crippen molar-refractivity contribution >= 4 is 28.9 Å². The number of benzene rings is 2. The average Bonchev–Trinajstić information content (AvgIpc) is 2.83. The fraction of sp³-hybridized carbons (Fsp3) is 0.217. The van der Waals surface area contributed by atoms with Gasteiger partial charge in [-0.2, -0.15) is 0 Å². The summed E-state index contributed by atoms with van der Waals surface area (Å²) in [6, 6.07) is 15.5. The largest absolute Gasteiger partial charge is 0.489 e. The molecule has 9 heteroatoms. The van der Waals surface area contributed by atoms with E-state index in [1.165, 1.54) is 6.07 Å². The van der Waals surface area contributed by atoms with Gasteiger partial charge in [0.25, 0.3) is 11.6 Å². The first-order valence-electron chi connectivity index (χ1n) is 10.1. The van der Waals surface area contributed by atoms with Gasteiger partial charge in [0, 0.05) is 60.8 Å². The van der Waals surface area contributed by atoms with Crippen molar-refractivity contribution in [3.05, 3.63) is 93.3 Å². The van der Waals surface area contributed by atoms with Crippen molar-refractivity contribution in [2.45, 2.75) is 6.61 Å². The summed E-state index contributed by atoms with van der Waals surface area (Å²) in [6.45, 7) is 2.26. The SMILES string of the molecule is O=C(c1cccc(OCc2cccnc2)c1)N1CCN(c2ccc(Cl)cc2[N+](=O)[O-])CC1. The summed E-state index contributed by atoms with van der Waals surface area (Å²) in [5.41, 5.74) is 1.96. The molecule has 0 unspecified atom stereocenters. The van der Waals surface area contributed by atoms with Crippen molar-refractivity contribution < 1.29 is 14.5 Å². The maximum absolute atomic E-state index is 13.0. The number of rotatable bonds is 6. The molecule has 1 fully saturated rings. The third-order valence-electron chi connectivity index (χ3n) is 5.25. The van der Waals surface area contributed by atoms with Gasteiger partial charge in [-0.25, -0.2) is 0 Å². The Kier molecular flexibility index (Phi) is 6.51. The highest BCUT2D eigenvalue weighted by molar-refractivity contribution is 6.30. The monoisotopic (exact) mass is 452 g/mol. The molecule has 1 aromatic heterocycles. The third kappa shape index (κ3) is 4.97. The number of nitrogens with zero attached hydrogens (tertiary/aromatic N) is 4. The Hall–Kier alpha value is -3.65. The van der Waals surface area contributed by atoms with E-state index >= 15 is 0 Å². The van der Waals surface area contributed by atoms with Crippen molar-refractivity contribution in [1.82, 2.24) is 9.88 Å². The zero-order valence-corrected chi connectivity index (χ0v) is 17.9. The maximum Gasteiger partial charge on any atom is 0.294 e. The van der Waals surface area contributed by atoms with Gasteiger partial charge in [0.05, 0.1) is 4.92 Å². The summed E-state index contributed by atoms with van der Waals surface area (Å²) in [7, 11) is 0. The number of carbonyl (C=O) groups excluding carboxylic acids is 1. The third-order valence-corrected chi connectivity index (χ3v) is 5.49. The van der Waals surface area contributed by atoms with E-state index in [1.54, 1.807) is 47.6 Å². The number of pyridine rings is 1. The number of amides is 1. The highest BCUT2D eigenvalue weighted by Gasteiger charge is 2.26. The highest BCUT2D eigenvalue weighted by Crippen LogP contribution is 2.31. The number of ether oxygens (including phenoxy) is 1. The molecule has 2 aromatic carbocycles. The van der Waals surface area contributed by atoms with Crippen molar-refractivity contribution in [2.24, 2.45) is 0 Å². The van der Waals surface area contributed by atoms with Crippen LogP contribution in [0.15, 0.2) is 67.0 Å². The molecular formula is C23H21ClN4O4. The molecule has 0 aliphatic carbocycles. The second kappa shape index (κ2) is 9.65. The molecule has 0 radical (unpaired) electrons. The molecule has 0 bridgehead atoms. The van der Waals surface area contributed by atoms with Crippen LogP contribution in [0.4, 0.5) is 11.4 Å². The molecule has 32 heavy (non-hydrogen) atoms. The number of carbonyl (C=O) groups is 1. The van der Waals surface area contributed by atoms with E-state index in [-0.39, 0.29) is 11.6 Å². The van der Waals surface area contributed by atoms with Gasteiger partial charge in [-0.1, -0.05) is 23.7 Å². The molecule has 1 aliphatic rings. The van der Waals surface area contributed by atoms with Crippen LogP contribution in [0.3, 0.4) is 0 Å². The van der Waals surface area contributed by atoms with Gasteiger partial charge in [-0.05, 0) is 36.4 Å². The van der Waals surface area contributed by atoms with Crippen LogP contribution in [0.1, 0.15) is 15.9 Å². The van der Waals surface area contributed by atoms with Crippen LogP contribution in [0.2, 0.25) is 5.02 Å². The van der Waals surface area contributed by atoms with Gasteiger partial charge < -0.3 is 14.5 Å². The lowest BCUT2D eigenvalue weighted by molar-refractivity contribution is -0.384. The van der Waals surface area contributed by atoms with Crippen molar-refractivity contribution in [2.75, 3.05) is 31.1 Å². The Bertz CT molecular complexity index is 1120. The quantitative estimate of drug-likeness (QED) is 0.411. The molecule has 1 saturated heterocycles. The lowest BCUT2D eigenvalue weighted by Crippen LogP contribution is -2.49. The van der Waals surface area contributed by atoms with Gasteiger partial charge in [-0.3, -0.25) is 19.9 Å². The smallest absolute Gasteiger partial charge is 0.294 e. The van der Waals surface area contributed by atoms with E-state index in [0.29, 0.717) is 54.8 Å². The predicted molar refractivity (Wildman–Crippen MR) is 121 cm³/mol. The Morgan fingerprint density at radius 2 is 1.91 bits per heavy atom. The van der Waals surface area contributed by atoms with Gasteiger partial charge >= 0.3 is 0 Å². The Morgan fingerprint density at radius 3 is 2.62 bits per heavy atom. The number of aromatic nitrogens is 1. The maximum atomic E-state index is 13.0. The average molecular weight is 453 g/mol. The van der Waals surface area contributed by atoms with E-state index in [1.807, 2.05) is 23.1 Å². The van der Waals surface area contributed by atoms with Gasteiger partial charge in [0.15, 0.2) is 0 Å². The molecular weight excluding hydrogens is 432 g/mol. The second-order valence-corrected chi connectivity index (χ2v) is 7.78. The molecule has 3 aromatic rings. The van der Waals surface area contributed by atoms with Crippen molar-refractivity contribution in [3.63, 3.8) is 0 Å². The molecule has 1 amide bonds.